The van der Waals surface area contributed by atoms with Crippen LogP contribution in [0.25, 0.3) is 0 Å². The van der Waals surface area contributed by atoms with E-state index < -0.39 is 0 Å². The summed E-state index contributed by atoms with van der Waals surface area (Å²) in [7, 11) is 0. The number of thiazole rings is 1. The van der Waals surface area contributed by atoms with Crippen molar-refractivity contribution in [3.63, 3.8) is 0 Å². The highest BCUT2D eigenvalue weighted by molar-refractivity contribution is 7.98. The Kier molecular flexibility index (Phi) is 6.17. The Hall–Kier alpha value is -1.77. The van der Waals surface area contributed by atoms with Gasteiger partial charge >= 0.3 is 0 Å². The molecule has 0 fully saturated rings. The molecule has 130 valence electrons. The molecule has 2 heterocycles. The molecule has 8 heteroatoms. The zero-order valence-corrected chi connectivity index (χ0v) is 16.4. The second-order valence-electron chi connectivity index (χ2n) is 5.38. The van der Waals surface area contributed by atoms with Gasteiger partial charge in [0, 0.05) is 28.0 Å². The number of hydrogen-bond donors (Lipinski definition) is 1. The zero-order valence-electron chi connectivity index (χ0n) is 14.0. The van der Waals surface area contributed by atoms with E-state index in [4.69, 9.17) is 0 Å². The van der Waals surface area contributed by atoms with Gasteiger partial charge in [0.15, 0.2) is 0 Å². The van der Waals surface area contributed by atoms with Gasteiger partial charge in [-0.25, -0.2) is 4.98 Å². The van der Waals surface area contributed by atoms with E-state index in [0.29, 0.717) is 10.7 Å². The lowest BCUT2D eigenvalue weighted by Gasteiger charge is -2.03. The van der Waals surface area contributed by atoms with E-state index >= 15 is 0 Å². The molecule has 3 aromatic rings. The van der Waals surface area contributed by atoms with Crippen LogP contribution in [-0.4, -0.2) is 21.1 Å². The third-order valence-electron chi connectivity index (χ3n) is 3.32. The number of nitrogens with zero attached hydrogens (tertiary/aromatic N) is 3. The standard InChI is InChI=1S/C17H18N4OS3/c1-3-4-15-20-21-17(25-15)19-16(22)12-5-7-14(8-6-12)24-10-13-9-23-11(2)18-13/h5-9H,3-4,10H2,1-2H3,(H,19,21,22). The number of aryl methyl sites for hydroxylation is 2. The summed E-state index contributed by atoms with van der Waals surface area (Å²) in [5.74, 6) is 0.673. The normalized spacial score (nSPS) is 10.8. The van der Waals surface area contributed by atoms with E-state index in [0.717, 1.165) is 39.2 Å². The summed E-state index contributed by atoms with van der Waals surface area (Å²) in [5.41, 5.74) is 1.70. The van der Waals surface area contributed by atoms with Crippen molar-refractivity contribution < 1.29 is 4.79 Å². The van der Waals surface area contributed by atoms with E-state index in [9.17, 15) is 4.79 Å². The molecule has 5 nitrogen and oxygen atoms in total. The molecule has 0 radical (unpaired) electrons. The average molecular weight is 391 g/mol. The van der Waals surface area contributed by atoms with Crippen LogP contribution in [0.4, 0.5) is 5.13 Å². The molecule has 0 saturated carbocycles. The van der Waals surface area contributed by atoms with Gasteiger partial charge in [0.1, 0.15) is 5.01 Å². The molecule has 3 rings (SSSR count). The molecular formula is C17H18N4OS3. The fourth-order valence-corrected chi connectivity index (χ4v) is 4.47. The summed E-state index contributed by atoms with van der Waals surface area (Å²) in [5, 5.41) is 15.5. The van der Waals surface area contributed by atoms with Gasteiger partial charge in [0.2, 0.25) is 5.13 Å². The van der Waals surface area contributed by atoms with Crippen LogP contribution >= 0.6 is 34.4 Å². The minimum atomic E-state index is -0.161. The Bertz CT molecular complexity index is 842. The monoisotopic (exact) mass is 390 g/mol. The lowest BCUT2D eigenvalue weighted by atomic mass is 10.2. The minimum absolute atomic E-state index is 0.161. The summed E-state index contributed by atoms with van der Waals surface area (Å²) in [4.78, 5) is 17.9. The molecule has 0 spiro atoms. The van der Waals surface area contributed by atoms with Crippen LogP contribution in [0.2, 0.25) is 0 Å². The van der Waals surface area contributed by atoms with E-state index in [1.165, 1.54) is 11.3 Å². The molecule has 0 aliphatic rings. The molecule has 0 bridgehead atoms. The Labute approximate surface area is 158 Å². The molecule has 1 N–H and O–H groups in total. The maximum absolute atomic E-state index is 12.3. The Balaban J connectivity index is 1.56. The highest BCUT2D eigenvalue weighted by atomic mass is 32.2. The van der Waals surface area contributed by atoms with Gasteiger partial charge in [-0.05, 0) is 37.6 Å². The number of anilines is 1. The smallest absolute Gasteiger partial charge is 0.257 e. The summed E-state index contributed by atoms with van der Waals surface area (Å²) >= 11 is 4.80. The van der Waals surface area contributed by atoms with Crippen LogP contribution in [0, 0.1) is 6.92 Å². The van der Waals surface area contributed by atoms with Crippen molar-refractivity contribution >= 4 is 45.5 Å². The number of thioether (sulfide) groups is 1. The second-order valence-corrected chi connectivity index (χ2v) is 8.55. The van der Waals surface area contributed by atoms with Gasteiger partial charge in [-0.3, -0.25) is 10.1 Å². The predicted octanol–water partition coefficient (Wildman–Crippen LogP) is 4.80. The maximum Gasteiger partial charge on any atom is 0.257 e. The Morgan fingerprint density at radius 3 is 2.72 bits per heavy atom. The predicted molar refractivity (Wildman–Crippen MR) is 105 cm³/mol. The quantitative estimate of drug-likeness (QED) is 0.587. The second kappa shape index (κ2) is 8.55. The third-order valence-corrected chi connectivity index (χ3v) is 6.09. The number of benzene rings is 1. The highest BCUT2D eigenvalue weighted by Gasteiger charge is 2.10. The summed E-state index contributed by atoms with van der Waals surface area (Å²) in [6, 6.07) is 7.58. The number of amides is 1. The maximum atomic E-state index is 12.3. The minimum Gasteiger partial charge on any atom is -0.296 e. The van der Waals surface area contributed by atoms with Crippen LogP contribution < -0.4 is 5.32 Å². The summed E-state index contributed by atoms with van der Waals surface area (Å²) in [6.07, 6.45) is 1.90. The fourth-order valence-electron chi connectivity index (χ4n) is 2.12. The van der Waals surface area contributed by atoms with Crippen molar-refractivity contribution in [3.8, 4) is 0 Å². The molecule has 1 amide bonds. The summed E-state index contributed by atoms with van der Waals surface area (Å²) < 4.78 is 0. The molecule has 2 aromatic heterocycles. The number of nitrogens with one attached hydrogen (secondary N) is 1. The summed E-state index contributed by atoms with van der Waals surface area (Å²) in [6.45, 7) is 4.10. The molecule has 0 aliphatic heterocycles. The van der Waals surface area contributed by atoms with Gasteiger partial charge in [0.25, 0.3) is 5.91 Å². The zero-order chi connectivity index (χ0) is 17.6. The van der Waals surface area contributed by atoms with Crippen LogP contribution in [0.5, 0.6) is 0 Å². The lowest BCUT2D eigenvalue weighted by molar-refractivity contribution is 0.102. The van der Waals surface area contributed by atoms with E-state index in [1.54, 1.807) is 23.1 Å². The van der Waals surface area contributed by atoms with Crippen molar-refractivity contribution in [3.05, 3.63) is 50.9 Å². The number of aromatic nitrogens is 3. The molecular weight excluding hydrogens is 372 g/mol. The number of rotatable bonds is 7. The third kappa shape index (κ3) is 5.10. The van der Waals surface area contributed by atoms with E-state index in [-0.39, 0.29) is 5.91 Å². The average Bonchev–Trinajstić information content (AvgIpc) is 3.23. The van der Waals surface area contributed by atoms with Crippen molar-refractivity contribution in [1.82, 2.24) is 15.2 Å². The Morgan fingerprint density at radius 2 is 2.04 bits per heavy atom. The van der Waals surface area contributed by atoms with Gasteiger partial charge < -0.3 is 0 Å². The first-order valence-corrected chi connectivity index (χ1v) is 10.6. The van der Waals surface area contributed by atoms with Gasteiger partial charge in [-0.2, -0.15) is 0 Å². The topological polar surface area (TPSA) is 67.8 Å². The van der Waals surface area contributed by atoms with Crippen molar-refractivity contribution in [2.75, 3.05) is 5.32 Å². The van der Waals surface area contributed by atoms with Crippen LogP contribution in [0.3, 0.4) is 0 Å². The van der Waals surface area contributed by atoms with Crippen LogP contribution in [0.15, 0.2) is 34.5 Å². The number of hydrogen-bond acceptors (Lipinski definition) is 7. The molecule has 1 aromatic carbocycles. The lowest BCUT2D eigenvalue weighted by Crippen LogP contribution is -2.11. The fraction of sp³-hybridized carbons (Fsp3) is 0.294. The molecule has 25 heavy (non-hydrogen) atoms. The first-order chi connectivity index (χ1) is 12.1. The molecule has 0 unspecified atom stereocenters. The van der Waals surface area contributed by atoms with Crippen LogP contribution in [-0.2, 0) is 12.2 Å². The van der Waals surface area contributed by atoms with Crippen molar-refractivity contribution in [2.24, 2.45) is 0 Å². The number of carbonyl (C=O) groups is 1. The largest absolute Gasteiger partial charge is 0.296 e. The van der Waals surface area contributed by atoms with Gasteiger partial charge in [-0.15, -0.1) is 33.3 Å². The Morgan fingerprint density at radius 1 is 1.24 bits per heavy atom. The van der Waals surface area contributed by atoms with E-state index in [1.807, 2.05) is 31.2 Å². The number of carbonyl (C=O) groups excluding carboxylic acids is 1. The van der Waals surface area contributed by atoms with Gasteiger partial charge in [0.05, 0.1) is 10.7 Å². The first kappa shape index (κ1) is 18.0. The highest BCUT2D eigenvalue weighted by Crippen LogP contribution is 2.24. The first-order valence-electron chi connectivity index (χ1n) is 7.91. The van der Waals surface area contributed by atoms with Crippen molar-refractivity contribution in [1.29, 1.82) is 0 Å². The van der Waals surface area contributed by atoms with Crippen molar-refractivity contribution in [2.45, 2.75) is 37.3 Å². The van der Waals surface area contributed by atoms with Crippen LogP contribution in [0.1, 0.15) is 39.4 Å². The molecule has 0 aliphatic carbocycles. The molecule has 0 atom stereocenters. The molecule has 0 saturated heterocycles. The van der Waals surface area contributed by atoms with E-state index in [2.05, 4.69) is 32.8 Å². The SMILES string of the molecule is CCCc1nnc(NC(=O)c2ccc(SCc3csc(C)n3)cc2)s1. The van der Waals surface area contributed by atoms with Gasteiger partial charge in [-0.1, -0.05) is 18.3 Å².